The molecule has 1 heterocycles. The van der Waals surface area contributed by atoms with Crippen LogP contribution in [0.15, 0.2) is 34.2 Å². The third-order valence-electron chi connectivity index (χ3n) is 3.39. The van der Waals surface area contributed by atoms with E-state index in [1.165, 1.54) is 17.8 Å². The molecule has 0 amide bonds. The molecule has 0 N–H and O–H groups in total. The zero-order chi connectivity index (χ0) is 17.0. The second kappa shape index (κ2) is 7.61. The molecule has 0 radical (unpaired) electrons. The topological polar surface area (TPSA) is 70.2 Å². The van der Waals surface area contributed by atoms with Crippen LogP contribution in [0.2, 0.25) is 0 Å². The molecular weight excluding hydrogens is 314 g/mol. The van der Waals surface area contributed by atoms with Gasteiger partial charge in [0.25, 0.3) is 5.69 Å². The van der Waals surface area contributed by atoms with Crippen LogP contribution in [0.3, 0.4) is 0 Å². The van der Waals surface area contributed by atoms with Gasteiger partial charge in [0.05, 0.1) is 10.6 Å². The molecule has 0 aliphatic heterocycles. The lowest BCUT2D eigenvalue weighted by molar-refractivity contribution is -0.385. The van der Waals surface area contributed by atoms with Crippen molar-refractivity contribution in [1.29, 1.82) is 0 Å². The van der Waals surface area contributed by atoms with Crippen molar-refractivity contribution in [3.63, 3.8) is 0 Å². The number of hydrogen-bond acceptors (Lipinski definition) is 5. The molecule has 1 aromatic carbocycles. The first kappa shape index (κ1) is 17.5. The second-order valence-corrected chi connectivity index (χ2v) is 6.49. The summed E-state index contributed by atoms with van der Waals surface area (Å²) >= 11 is 1.50. The lowest BCUT2D eigenvalue weighted by Crippen LogP contribution is -2.01. The van der Waals surface area contributed by atoms with Crippen LogP contribution in [0, 0.1) is 10.1 Å². The Morgan fingerprint density at radius 2 is 2.17 bits per heavy atom. The van der Waals surface area contributed by atoms with E-state index in [1.807, 2.05) is 24.6 Å². The molecule has 0 aliphatic rings. The zero-order valence-electron chi connectivity index (χ0n) is 13.8. The van der Waals surface area contributed by atoms with Gasteiger partial charge in [0, 0.05) is 30.7 Å². The second-order valence-electron chi connectivity index (χ2n) is 5.43. The maximum atomic E-state index is 10.9. The van der Waals surface area contributed by atoms with E-state index in [0.717, 1.165) is 21.4 Å². The summed E-state index contributed by atoms with van der Waals surface area (Å²) in [6.07, 6.45) is 0. The van der Waals surface area contributed by atoms with Gasteiger partial charge in [0.15, 0.2) is 0 Å². The lowest BCUT2D eigenvalue weighted by Gasteiger charge is -2.08. The first-order chi connectivity index (χ1) is 10.9. The van der Waals surface area contributed by atoms with E-state index in [0.29, 0.717) is 13.2 Å². The Bertz CT molecular complexity index is 698. The van der Waals surface area contributed by atoms with Crippen molar-refractivity contribution >= 4 is 17.4 Å². The third kappa shape index (κ3) is 4.11. The molecule has 0 fully saturated rings. The van der Waals surface area contributed by atoms with Gasteiger partial charge in [-0.3, -0.25) is 10.1 Å². The van der Waals surface area contributed by atoms with Crippen molar-refractivity contribution in [2.24, 2.45) is 7.05 Å². The fraction of sp³-hybridized carbons (Fsp3) is 0.438. The predicted molar refractivity (Wildman–Crippen MR) is 89.8 cm³/mol. The number of nitro groups is 1. The quantitative estimate of drug-likeness (QED) is 0.562. The van der Waals surface area contributed by atoms with E-state index in [-0.39, 0.29) is 16.5 Å². The molecule has 0 aliphatic carbocycles. The Morgan fingerprint density at radius 1 is 1.43 bits per heavy atom. The van der Waals surface area contributed by atoms with E-state index in [2.05, 4.69) is 18.8 Å². The first-order valence-electron chi connectivity index (χ1n) is 7.49. The fourth-order valence-corrected chi connectivity index (χ4v) is 3.32. The Hall–Kier alpha value is -1.86. The maximum Gasteiger partial charge on any atom is 0.270 e. The standard InChI is InChI=1S/C16H21N3O3S/c1-5-22-10-14-17-15(11(2)3)16(18(14)4)23-13-8-6-7-12(9-13)19(20)21/h6-9,11H,5,10H2,1-4H3. The smallest absolute Gasteiger partial charge is 0.270 e. The minimum atomic E-state index is -0.378. The number of aromatic nitrogens is 2. The Labute approximate surface area is 140 Å². The van der Waals surface area contributed by atoms with Crippen molar-refractivity contribution < 1.29 is 9.66 Å². The molecule has 0 bridgehead atoms. The van der Waals surface area contributed by atoms with E-state index in [1.54, 1.807) is 12.1 Å². The van der Waals surface area contributed by atoms with Crippen LogP contribution < -0.4 is 0 Å². The highest BCUT2D eigenvalue weighted by Crippen LogP contribution is 2.35. The Balaban J connectivity index is 2.36. The summed E-state index contributed by atoms with van der Waals surface area (Å²) in [5, 5.41) is 11.9. The number of benzene rings is 1. The lowest BCUT2D eigenvalue weighted by atomic mass is 10.2. The summed E-state index contributed by atoms with van der Waals surface area (Å²) in [5.74, 6) is 1.13. The van der Waals surface area contributed by atoms with Gasteiger partial charge in [-0.15, -0.1) is 0 Å². The predicted octanol–water partition coefficient (Wildman–Crippen LogP) is 4.14. The van der Waals surface area contributed by atoms with Crippen LogP contribution in [0.4, 0.5) is 5.69 Å². The summed E-state index contributed by atoms with van der Waals surface area (Å²) in [6, 6.07) is 6.66. The highest BCUT2D eigenvalue weighted by molar-refractivity contribution is 7.99. The Kier molecular flexibility index (Phi) is 5.79. The first-order valence-corrected chi connectivity index (χ1v) is 8.31. The molecule has 7 heteroatoms. The normalized spacial score (nSPS) is 11.2. The van der Waals surface area contributed by atoms with Crippen molar-refractivity contribution in [2.45, 2.75) is 43.2 Å². The molecule has 2 aromatic rings. The van der Waals surface area contributed by atoms with Crippen LogP contribution in [-0.4, -0.2) is 21.1 Å². The van der Waals surface area contributed by atoms with E-state index in [4.69, 9.17) is 4.74 Å². The van der Waals surface area contributed by atoms with E-state index in [9.17, 15) is 10.1 Å². The fourth-order valence-electron chi connectivity index (χ4n) is 2.14. The molecule has 1 aromatic heterocycles. The average molecular weight is 335 g/mol. The van der Waals surface area contributed by atoms with E-state index < -0.39 is 0 Å². The SMILES string of the molecule is CCOCc1nc(C(C)C)c(Sc2cccc([N+](=O)[O-])c2)n1C. The zero-order valence-corrected chi connectivity index (χ0v) is 14.6. The van der Waals surface area contributed by atoms with Crippen molar-refractivity contribution in [1.82, 2.24) is 9.55 Å². The number of rotatable bonds is 7. The van der Waals surface area contributed by atoms with Gasteiger partial charge in [0.2, 0.25) is 0 Å². The molecule has 0 atom stereocenters. The molecule has 0 unspecified atom stereocenters. The monoisotopic (exact) mass is 335 g/mol. The van der Waals surface area contributed by atoms with Gasteiger partial charge in [-0.25, -0.2) is 4.98 Å². The van der Waals surface area contributed by atoms with Gasteiger partial charge in [-0.05, 0) is 18.9 Å². The molecule has 2 rings (SSSR count). The number of nitrogens with zero attached hydrogens (tertiary/aromatic N) is 3. The molecule has 23 heavy (non-hydrogen) atoms. The molecule has 0 saturated carbocycles. The van der Waals surface area contributed by atoms with Crippen LogP contribution >= 0.6 is 11.8 Å². The third-order valence-corrected chi connectivity index (χ3v) is 4.55. The molecule has 124 valence electrons. The van der Waals surface area contributed by atoms with Crippen molar-refractivity contribution in [3.8, 4) is 0 Å². The van der Waals surface area contributed by atoms with Crippen LogP contribution in [0.25, 0.3) is 0 Å². The molecule has 0 saturated heterocycles. The number of ether oxygens (including phenoxy) is 1. The summed E-state index contributed by atoms with van der Waals surface area (Å²) in [7, 11) is 1.95. The van der Waals surface area contributed by atoms with Crippen molar-refractivity contribution in [2.75, 3.05) is 6.61 Å². The van der Waals surface area contributed by atoms with Gasteiger partial charge >= 0.3 is 0 Å². The van der Waals surface area contributed by atoms with Gasteiger partial charge < -0.3 is 9.30 Å². The van der Waals surface area contributed by atoms with Crippen LogP contribution in [-0.2, 0) is 18.4 Å². The minimum Gasteiger partial charge on any atom is -0.374 e. The average Bonchev–Trinajstić information content (AvgIpc) is 2.82. The number of nitro benzene ring substituents is 1. The minimum absolute atomic E-state index is 0.0952. The number of imidazole rings is 1. The van der Waals surface area contributed by atoms with Gasteiger partial charge in [-0.2, -0.15) is 0 Å². The summed E-state index contributed by atoms with van der Waals surface area (Å²) < 4.78 is 7.48. The number of hydrogen-bond donors (Lipinski definition) is 0. The summed E-state index contributed by atoms with van der Waals surface area (Å²) in [4.78, 5) is 16.1. The van der Waals surface area contributed by atoms with Gasteiger partial charge in [-0.1, -0.05) is 31.7 Å². The Morgan fingerprint density at radius 3 is 2.78 bits per heavy atom. The maximum absolute atomic E-state index is 10.9. The van der Waals surface area contributed by atoms with Crippen molar-refractivity contribution in [3.05, 3.63) is 45.9 Å². The van der Waals surface area contributed by atoms with E-state index >= 15 is 0 Å². The van der Waals surface area contributed by atoms with Crippen LogP contribution in [0.5, 0.6) is 0 Å². The molecular formula is C16H21N3O3S. The molecule has 0 spiro atoms. The molecule has 6 nitrogen and oxygen atoms in total. The van der Waals surface area contributed by atoms with Crippen LogP contribution in [0.1, 0.15) is 38.2 Å². The highest BCUT2D eigenvalue weighted by atomic mass is 32.2. The highest BCUT2D eigenvalue weighted by Gasteiger charge is 2.19. The summed E-state index contributed by atoms with van der Waals surface area (Å²) in [6.45, 7) is 7.22. The summed E-state index contributed by atoms with van der Waals surface area (Å²) in [5.41, 5.74) is 1.08. The largest absolute Gasteiger partial charge is 0.374 e. The number of non-ortho nitro benzene ring substituents is 1. The van der Waals surface area contributed by atoms with Gasteiger partial charge in [0.1, 0.15) is 17.5 Å².